The van der Waals surface area contributed by atoms with E-state index in [1.165, 1.54) is 0 Å². The molecule has 0 aliphatic rings. The summed E-state index contributed by atoms with van der Waals surface area (Å²) in [6.07, 6.45) is 2.01. The number of carbonyl (C=O) groups excluding carboxylic acids is 3. The quantitative estimate of drug-likeness (QED) is 0.0594. The number of carbonyl (C=O) groups is 7. The van der Waals surface area contributed by atoms with Crippen LogP contribution in [0, 0.1) is 0 Å². The summed E-state index contributed by atoms with van der Waals surface area (Å²) in [7, 11) is 0. The summed E-state index contributed by atoms with van der Waals surface area (Å²) < 4.78 is 0. The van der Waals surface area contributed by atoms with Gasteiger partial charge in [0, 0.05) is 45.0 Å². The molecule has 0 aromatic carbocycles. The number of nitrogens with zero attached hydrogens (tertiary/aromatic N) is 3. The lowest BCUT2D eigenvalue weighted by molar-refractivity contribution is -0.143. The van der Waals surface area contributed by atoms with E-state index in [-0.39, 0.29) is 45.4 Å². The highest BCUT2D eigenvalue weighted by atomic mass is 16.4. The molecule has 0 radical (unpaired) electrons. The molecule has 2 rings (SSSR count). The maximum atomic E-state index is 12.6. The van der Waals surface area contributed by atoms with E-state index in [4.69, 9.17) is 10.2 Å². The van der Waals surface area contributed by atoms with Gasteiger partial charge in [-0.1, -0.05) is 12.1 Å². The van der Waals surface area contributed by atoms with Crippen LogP contribution in [0.15, 0.2) is 48.8 Å². The van der Waals surface area contributed by atoms with E-state index in [0.717, 1.165) is 0 Å². The van der Waals surface area contributed by atoms with Crippen molar-refractivity contribution in [3.8, 4) is 0 Å². The molecule has 18 heteroatoms. The first-order valence-corrected chi connectivity index (χ1v) is 14.9. The molecule has 4 amide bonds. The zero-order chi connectivity index (χ0) is 35.5. The fourth-order valence-electron chi connectivity index (χ4n) is 4.37. The smallest absolute Gasteiger partial charge is 0.327 e. The van der Waals surface area contributed by atoms with Crippen LogP contribution in [0.1, 0.15) is 49.9 Å². The fourth-order valence-corrected chi connectivity index (χ4v) is 4.37. The van der Waals surface area contributed by atoms with Crippen molar-refractivity contribution in [2.45, 2.75) is 69.7 Å². The molecule has 3 atom stereocenters. The molecule has 0 fully saturated rings. The van der Waals surface area contributed by atoms with Crippen molar-refractivity contribution in [1.82, 2.24) is 36.1 Å². The van der Waals surface area contributed by atoms with Gasteiger partial charge in [0.2, 0.25) is 11.8 Å². The zero-order valence-electron chi connectivity index (χ0n) is 25.9. The molecule has 2 aromatic rings. The minimum Gasteiger partial charge on any atom is -0.481 e. The Morgan fingerprint density at radius 3 is 1.69 bits per heavy atom. The highest BCUT2D eigenvalue weighted by Gasteiger charge is 2.26. The van der Waals surface area contributed by atoms with Crippen molar-refractivity contribution in [1.29, 1.82) is 0 Å². The van der Waals surface area contributed by atoms with E-state index in [9.17, 15) is 43.8 Å². The second-order valence-corrected chi connectivity index (χ2v) is 10.6. The highest BCUT2D eigenvalue weighted by molar-refractivity contribution is 5.98. The molecule has 0 unspecified atom stereocenters. The second-order valence-electron chi connectivity index (χ2n) is 10.6. The van der Waals surface area contributed by atoms with Crippen LogP contribution in [-0.2, 0) is 41.9 Å². The zero-order valence-corrected chi connectivity index (χ0v) is 25.9. The van der Waals surface area contributed by atoms with Crippen LogP contribution in [-0.4, -0.2) is 108 Å². The van der Waals surface area contributed by atoms with Crippen LogP contribution < -0.4 is 21.3 Å². The monoisotopic (exact) mass is 673 g/mol. The summed E-state index contributed by atoms with van der Waals surface area (Å²) in [6.45, 7) is 0.489. The van der Waals surface area contributed by atoms with Gasteiger partial charge in [-0.15, -0.1) is 0 Å². The summed E-state index contributed by atoms with van der Waals surface area (Å²) in [5.41, 5.74) is 1.36. The third kappa shape index (κ3) is 15.6. The predicted octanol–water partition coefficient (Wildman–Crippen LogP) is -0.205. The lowest BCUT2D eigenvalue weighted by Gasteiger charge is -2.25. The number of nitrogens with one attached hydrogen (secondary N) is 4. The number of amides is 4. The number of urea groups is 1. The van der Waals surface area contributed by atoms with Gasteiger partial charge in [-0.05, 0) is 49.9 Å². The van der Waals surface area contributed by atoms with Gasteiger partial charge in [0.15, 0.2) is 0 Å². The van der Waals surface area contributed by atoms with Gasteiger partial charge in [-0.3, -0.25) is 29.3 Å². The lowest BCUT2D eigenvalue weighted by Crippen LogP contribution is -2.51. The van der Waals surface area contributed by atoms with Crippen LogP contribution >= 0.6 is 0 Å². The van der Waals surface area contributed by atoms with Crippen molar-refractivity contribution < 1.29 is 54.0 Å². The maximum Gasteiger partial charge on any atom is 0.327 e. The SMILES string of the molecule is O=C(O)CC[C@H](NC(=O)N[C@@H](CCCCNC(=O)CC(=O)N[C@@H](CN(Cc1ccccn1)Cc1ccccn1)C(=O)O)C(=O)O)C(=O)O. The first-order valence-electron chi connectivity index (χ1n) is 14.9. The summed E-state index contributed by atoms with van der Waals surface area (Å²) in [5, 5.41) is 46.1. The number of carboxylic acid groups (broad SMARTS) is 4. The Morgan fingerprint density at radius 1 is 0.667 bits per heavy atom. The van der Waals surface area contributed by atoms with Gasteiger partial charge >= 0.3 is 29.9 Å². The molecular weight excluding hydrogens is 634 g/mol. The summed E-state index contributed by atoms with van der Waals surface area (Å²) in [6, 6.07) is 5.26. The molecule has 0 aliphatic carbocycles. The van der Waals surface area contributed by atoms with E-state index in [1.807, 2.05) is 5.32 Å². The molecule has 260 valence electrons. The van der Waals surface area contributed by atoms with Gasteiger partial charge in [-0.25, -0.2) is 19.2 Å². The molecule has 2 aromatic heterocycles. The van der Waals surface area contributed by atoms with E-state index >= 15 is 0 Å². The molecule has 0 saturated heterocycles. The highest BCUT2D eigenvalue weighted by Crippen LogP contribution is 2.09. The summed E-state index contributed by atoms with van der Waals surface area (Å²) >= 11 is 0. The van der Waals surface area contributed by atoms with E-state index in [2.05, 4.69) is 25.9 Å². The molecular formula is C30H39N7O11. The van der Waals surface area contributed by atoms with Gasteiger partial charge in [-0.2, -0.15) is 0 Å². The fraction of sp³-hybridized carbons (Fsp3) is 0.433. The second kappa shape index (κ2) is 20.5. The van der Waals surface area contributed by atoms with Crippen molar-refractivity contribution in [3.05, 3.63) is 60.2 Å². The number of carboxylic acids is 4. The van der Waals surface area contributed by atoms with Crippen LogP contribution in [0.2, 0.25) is 0 Å². The van der Waals surface area contributed by atoms with Crippen molar-refractivity contribution >= 4 is 41.7 Å². The van der Waals surface area contributed by atoms with Crippen molar-refractivity contribution in [2.24, 2.45) is 0 Å². The molecule has 0 aliphatic heterocycles. The Balaban J connectivity index is 1.81. The normalized spacial score (nSPS) is 12.6. The van der Waals surface area contributed by atoms with Gasteiger partial charge in [0.1, 0.15) is 24.5 Å². The number of unbranched alkanes of at least 4 members (excludes halogenated alkanes) is 1. The molecule has 18 nitrogen and oxygen atoms in total. The first kappa shape index (κ1) is 38.5. The molecule has 8 N–H and O–H groups in total. The molecule has 0 bridgehead atoms. The van der Waals surface area contributed by atoms with E-state index in [0.29, 0.717) is 11.4 Å². The minimum absolute atomic E-state index is 0.0468. The largest absolute Gasteiger partial charge is 0.481 e. The lowest BCUT2D eigenvalue weighted by atomic mass is 10.1. The molecule has 0 spiro atoms. The number of hydrogen-bond acceptors (Lipinski definition) is 10. The average molecular weight is 674 g/mol. The van der Waals surface area contributed by atoms with Gasteiger partial charge in [0.05, 0.1) is 11.4 Å². The Hall–Kier alpha value is -5.65. The first-order chi connectivity index (χ1) is 22.8. The number of hydrogen-bond donors (Lipinski definition) is 8. The maximum absolute atomic E-state index is 12.6. The summed E-state index contributed by atoms with van der Waals surface area (Å²) in [4.78, 5) is 92.8. The van der Waals surface area contributed by atoms with Gasteiger partial charge < -0.3 is 41.7 Å². The number of aromatic nitrogens is 2. The number of pyridine rings is 2. The Labute approximate surface area is 274 Å². The topological polar surface area (TPSA) is 278 Å². The summed E-state index contributed by atoms with van der Waals surface area (Å²) in [5.74, 6) is -6.95. The minimum atomic E-state index is -1.54. The number of rotatable bonds is 22. The van der Waals surface area contributed by atoms with Crippen LogP contribution in [0.25, 0.3) is 0 Å². The van der Waals surface area contributed by atoms with Crippen molar-refractivity contribution in [3.63, 3.8) is 0 Å². The number of aliphatic carboxylic acids is 4. The Bertz CT molecular complexity index is 1350. The van der Waals surface area contributed by atoms with Gasteiger partial charge in [0.25, 0.3) is 0 Å². The standard InChI is InChI=1S/C30H39N7O11/c38-24(33-14-6-3-9-21(27(42)43)35-30(48)36-22(28(44)45)10-11-26(40)41)15-25(39)34-23(29(46)47)18-37(16-19-7-1-4-12-31-19)17-20-8-2-5-13-32-20/h1-2,4-5,7-8,12-13,21-23H,3,6,9-11,14-18H2,(H,33,38)(H,34,39)(H,40,41)(H,42,43)(H,44,45)(H,46,47)(H2,35,36,48)/t21-,22-,23-/m0/s1. The molecule has 48 heavy (non-hydrogen) atoms. The third-order valence-corrected chi connectivity index (χ3v) is 6.71. The Morgan fingerprint density at radius 2 is 1.21 bits per heavy atom. The van der Waals surface area contributed by atoms with Crippen LogP contribution in [0.4, 0.5) is 4.79 Å². The van der Waals surface area contributed by atoms with Crippen LogP contribution in [0.3, 0.4) is 0 Å². The van der Waals surface area contributed by atoms with E-state index < -0.39 is 79.1 Å². The molecule has 0 saturated carbocycles. The van der Waals surface area contributed by atoms with Crippen LogP contribution in [0.5, 0.6) is 0 Å². The molecule has 2 heterocycles. The van der Waals surface area contributed by atoms with E-state index in [1.54, 1.807) is 53.7 Å². The predicted molar refractivity (Wildman–Crippen MR) is 165 cm³/mol. The Kier molecular flexibility index (Phi) is 16.4. The van der Waals surface area contributed by atoms with Crippen molar-refractivity contribution in [2.75, 3.05) is 13.1 Å². The average Bonchev–Trinajstić information content (AvgIpc) is 3.02. The third-order valence-electron chi connectivity index (χ3n) is 6.71.